The first-order valence-electron chi connectivity index (χ1n) is 9.08. The van der Waals surface area contributed by atoms with Gasteiger partial charge in [0.15, 0.2) is 0 Å². The van der Waals surface area contributed by atoms with E-state index in [0.29, 0.717) is 12.3 Å². The summed E-state index contributed by atoms with van der Waals surface area (Å²) in [5.74, 6) is 1.30. The molecule has 2 aromatic rings. The molecule has 0 saturated carbocycles. The highest BCUT2D eigenvalue weighted by molar-refractivity contribution is 6.02. The second-order valence-corrected chi connectivity index (χ2v) is 6.00. The average Bonchev–Trinajstić information content (AvgIpc) is 2.67. The summed E-state index contributed by atoms with van der Waals surface area (Å²) < 4.78 is 11.0. The molecule has 1 amide bonds. The number of hydrogen-bond donors (Lipinski definition) is 1. The summed E-state index contributed by atoms with van der Waals surface area (Å²) >= 11 is 0. The highest BCUT2D eigenvalue weighted by Gasteiger charge is 2.02. The minimum absolute atomic E-state index is 0.198. The smallest absolute Gasteiger partial charge is 0.248 e. The third kappa shape index (κ3) is 6.63. The molecule has 4 heteroatoms. The number of amides is 1. The van der Waals surface area contributed by atoms with Gasteiger partial charge >= 0.3 is 0 Å². The molecule has 2 rings (SSSR count). The number of carbonyl (C=O) groups is 1. The van der Waals surface area contributed by atoms with Crippen LogP contribution in [0, 0.1) is 0 Å². The summed E-state index contributed by atoms with van der Waals surface area (Å²) in [6, 6.07) is 15.0. The number of anilines is 1. The van der Waals surface area contributed by atoms with Crippen LogP contribution in [-0.4, -0.2) is 19.6 Å². The average molecular weight is 353 g/mol. The third-order valence-electron chi connectivity index (χ3n) is 3.92. The van der Waals surface area contributed by atoms with Crippen molar-refractivity contribution in [2.45, 2.75) is 32.6 Å². The lowest BCUT2D eigenvalue weighted by Gasteiger charge is -2.08. The Morgan fingerprint density at radius 1 is 1.08 bits per heavy atom. The molecule has 26 heavy (non-hydrogen) atoms. The molecule has 4 nitrogen and oxygen atoms in total. The second-order valence-electron chi connectivity index (χ2n) is 6.00. The van der Waals surface area contributed by atoms with E-state index in [0.717, 1.165) is 23.5 Å². The molecule has 1 N–H and O–H groups in total. The van der Waals surface area contributed by atoms with E-state index in [1.807, 2.05) is 48.5 Å². The monoisotopic (exact) mass is 353 g/mol. The molecule has 2 aromatic carbocycles. The summed E-state index contributed by atoms with van der Waals surface area (Å²) in [5.41, 5.74) is 1.57. The van der Waals surface area contributed by atoms with Gasteiger partial charge in [-0.1, -0.05) is 50.5 Å². The highest BCUT2D eigenvalue weighted by atomic mass is 16.5. The van der Waals surface area contributed by atoms with E-state index in [4.69, 9.17) is 9.47 Å². The van der Waals surface area contributed by atoms with E-state index in [-0.39, 0.29) is 5.91 Å². The maximum absolute atomic E-state index is 12.1. The number of hydrogen-bond acceptors (Lipinski definition) is 3. The Bertz CT molecular complexity index is 725. The van der Waals surface area contributed by atoms with Crippen molar-refractivity contribution in [1.29, 1.82) is 0 Å². The molecule has 0 aromatic heterocycles. The molecule has 0 fully saturated rings. The molecule has 0 aliphatic carbocycles. The predicted molar refractivity (Wildman–Crippen MR) is 107 cm³/mol. The van der Waals surface area contributed by atoms with Crippen LogP contribution in [0.3, 0.4) is 0 Å². The van der Waals surface area contributed by atoms with Gasteiger partial charge in [-0.05, 0) is 30.7 Å². The molecule has 0 aliphatic rings. The normalized spacial score (nSPS) is 10.7. The number of rotatable bonds is 10. The lowest BCUT2D eigenvalue weighted by Crippen LogP contribution is -2.08. The van der Waals surface area contributed by atoms with Gasteiger partial charge in [-0.25, -0.2) is 0 Å². The molecule has 0 unspecified atom stereocenters. The maximum atomic E-state index is 12.1. The number of nitrogens with one attached hydrogen (secondary N) is 1. The molecule has 0 atom stereocenters. The number of carbonyl (C=O) groups excluding carboxylic acids is 1. The lowest BCUT2D eigenvalue weighted by molar-refractivity contribution is -0.111. The predicted octanol–water partition coefficient (Wildman–Crippen LogP) is 5.31. The van der Waals surface area contributed by atoms with E-state index in [1.165, 1.54) is 25.3 Å². The Hall–Kier alpha value is -2.75. The van der Waals surface area contributed by atoms with Crippen LogP contribution in [0.1, 0.15) is 38.2 Å². The van der Waals surface area contributed by atoms with Gasteiger partial charge in [-0.15, -0.1) is 0 Å². The van der Waals surface area contributed by atoms with E-state index >= 15 is 0 Å². The van der Waals surface area contributed by atoms with E-state index in [1.54, 1.807) is 13.2 Å². The van der Waals surface area contributed by atoms with Crippen LogP contribution >= 0.6 is 0 Å². The minimum Gasteiger partial charge on any atom is -0.496 e. The molecule has 0 heterocycles. The van der Waals surface area contributed by atoms with Crippen molar-refractivity contribution in [2.75, 3.05) is 19.0 Å². The number of benzene rings is 2. The summed E-state index contributed by atoms with van der Waals surface area (Å²) in [4.78, 5) is 12.1. The van der Waals surface area contributed by atoms with Crippen LogP contribution in [0.2, 0.25) is 0 Å². The SMILES string of the molecule is CCCCCCOc1cccc(NC(=O)/C=C/c2ccccc2OC)c1. The van der Waals surface area contributed by atoms with Crippen LogP contribution in [0.25, 0.3) is 6.08 Å². The van der Waals surface area contributed by atoms with Crippen LogP contribution in [0.15, 0.2) is 54.6 Å². The van der Waals surface area contributed by atoms with E-state index in [9.17, 15) is 4.79 Å². The minimum atomic E-state index is -0.198. The van der Waals surface area contributed by atoms with Crippen molar-refractivity contribution in [3.05, 3.63) is 60.2 Å². The summed E-state index contributed by atoms with van der Waals surface area (Å²) in [6.45, 7) is 2.89. The number of ether oxygens (including phenoxy) is 2. The number of para-hydroxylation sites is 1. The van der Waals surface area contributed by atoms with Gasteiger partial charge < -0.3 is 14.8 Å². The summed E-state index contributed by atoms with van der Waals surface area (Å²) in [7, 11) is 1.61. The number of methoxy groups -OCH3 is 1. The number of unbranched alkanes of at least 4 members (excludes halogenated alkanes) is 3. The van der Waals surface area contributed by atoms with Crippen molar-refractivity contribution in [3.8, 4) is 11.5 Å². The van der Waals surface area contributed by atoms with Crippen LogP contribution in [0.5, 0.6) is 11.5 Å². The zero-order valence-electron chi connectivity index (χ0n) is 15.5. The fourth-order valence-electron chi connectivity index (χ4n) is 2.54. The molecule has 0 spiro atoms. The van der Waals surface area contributed by atoms with Crippen LogP contribution < -0.4 is 14.8 Å². The van der Waals surface area contributed by atoms with Crippen molar-refractivity contribution in [3.63, 3.8) is 0 Å². The van der Waals surface area contributed by atoms with Gasteiger partial charge in [-0.2, -0.15) is 0 Å². The van der Waals surface area contributed by atoms with Gasteiger partial charge in [-0.3, -0.25) is 4.79 Å². The molecule has 0 radical (unpaired) electrons. The topological polar surface area (TPSA) is 47.6 Å². The molecule has 0 saturated heterocycles. The largest absolute Gasteiger partial charge is 0.496 e. The summed E-state index contributed by atoms with van der Waals surface area (Å²) in [5, 5.41) is 2.85. The molecule has 0 bridgehead atoms. The molecule has 0 aliphatic heterocycles. The Balaban J connectivity index is 1.88. The first-order valence-corrected chi connectivity index (χ1v) is 9.08. The van der Waals surface area contributed by atoms with Crippen LogP contribution in [-0.2, 0) is 4.79 Å². The fraction of sp³-hybridized carbons (Fsp3) is 0.318. The Morgan fingerprint density at radius 2 is 1.92 bits per heavy atom. The van der Waals surface area contributed by atoms with Gasteiger partial charge in [0.05, 0.1) is 13.7 Å². The van der Waals surface area contributed by atoms with Crippen molar-refractivity contribution < 1.29 is 14.3 Å². The first kappa shape index (κ1) is 19.6. The zero-order chi connectivity index (χ0) is 18.6. The Morgan fingerprint density at radius 3 is 2.73 bits per heavy atom. The first-order chi connectivity index (χ1) is 12.7. The van der Waals surface area contributed by atoms with E-state index < -0.39 is 0 Å². The fourth-order valence-corrected chi connectivity index (χ4v) is 2.54. The van der Waals surface area contributed by atoms with Crippen LogP contribution in [0.4, 0.5) is 5.69 Å². The Kier molecular flexibility index (Phi) is 8.27. The molecular weight excluding hydrogens is 326 g/mol. The van der Waals surface area contributed by atoms with Gasteiger partial charge in [0.2, 0.25) is 5.91 Å². The quantitative estimate of drug-likeness (QED) is 0.465. The highest BCUT2D eigenvalue weighted by Crippen LogP contribution is 2.20. The standard InChI is InChI=1S/C22H27NO3/c1-3-4-5-8-16-26-20-12-9-11-19(17-20)23-22(24)15-14-18-10-6-7-13-21(18)25-2/h6-7,9-15,17H,3-5,8,16H2,1-2H3,(H,23,24)/b15-14+. The van der Waals surface area contributed by atoms with Crippen molar-refractivity contribution in [2.24, 2.45) is 0 Å². The maximum Gasteiger partial charge on any atom is 0.248 e. The summed E-state index contributed by atoms with van der Waals surface area (Å²) in [6.07, 6.45) is 7.91. The Labute approximate surface area is 155 Å². The molecule has 138 valence electrons. The van der Waals surface area contributed by atoms with Crippen molar-refractivity contribution >= 4 is 17.7 Å². The van der Waals surface area contributed by atoms with Gasteiger partial charge in [0.1, 0.15) is 11.5 Å². The molecular formula is C22H27NO3. The van der Waals surface area contributed by atoms with E-state index in [2.05, 4.69) is 12.2 Å². The van der Waals surface area contributed by atoms with Gasteiger partial charge in [0.25, 0.3) is 0 Å². The lowest BCUT2D eigenvalue weighted by atomic mass is 10.2. The van der Waals surface area contributed by atoms with Crippen molar-refractivity contribution in [1.82, 2.24) is 0 Å². The zero-order valence-corrected chi connectivity index (χ0v) is 15.5. The van der Waals surface area contributed by atoms with Gasteiger partial charge in [0, 0.05) is 23.4 Å². The third-order valence-corrected chi connectivity index (χ3v) is 3.92. The second kappa shape index (κ2) is 11.0.